The summed E-state index contributed by atoms with van der Waals surface area (Å²) in [6, 6.07) is 35.4. The Hall–Kier alpha value is -4.62. The summed E-state index contributed by atoms with van der Waals surface area (Å²) in [7, 11) is 1.59. The lowest BCUT2D eigenvalue weighted by molar-refractivity contribution is 0.0955. The molecule has 200 valence electrons. The first-order valence-corrected chi connectivity index (χ1v) is 13.5. The number of halogens is 1. The van der Waals surface area contributed by atoms with Crippen molar-refractivity contribution in [2.75, 3.05) is 7.11 Å². The molecule has 0 fully saturated rings. The van der Waals surface area contributed by atoms with Crippen LogP contribution < -0.4 is 14.9 Å². The molecule has 0 unspecified atom stereocenters. The number of aryl methyl sites for hydroxylation is 1. The molecule has 1 N–H and O–H groups in total. The van der Waals surface area contributed by atoms with Crippen LogP contribution in [0.4, 0.5) is 0 Å². The topological polar surface area (TPSA) is 64.8 Å². The highest BCUT2D eigenvalue weighted by Crippen LogP contribution is 2.29. The van der Waals surface area contributed by atoms with Crippen LogP contribution in [0.25, 0.3) is 16.9 Å². The largest absolute Gasteiger partial charge is 0.493 e. The molecule has 6 nitrogen and oxygen atoms in total. The fraction of sp³-hybridized carbons (Fsp3) is 0.0909. The number of hydrogen-bond donors (Lipinski definition) is 1. The molecule has 0 spiro atoms. The molecule has 0 aliphatic rings. The molecule has 1 aromatic heterocycles. The molecule has 0 saturated heterocycles. The molecule has 0 radical (unpaired) electrons. The van der Waals surface area contributed by atoms with Crippen molar-refractivity contribution >= 4 is 28.1 Å². The quantitative estimate of drug-likeness (QED) is 0.142. The third kappa shape index (κ3) is 6.33. The third-order valence-electron chi connectivity index (χ3n) is 6.41. The van der Waals surface area contributed by atoms with E-state index in [-0.39, 0.29) is 5.91 Å². The molecule has 0 aliphatic carbocycles. The van der Waals surface area contributed by atoms with Crippen molar-refractivity contribution in [1.29, 1.82) is 0 Å². The van der Waals surface area contributed by atoms with Gasteiger partial charge in [0.05, 0.1) is 19.0 Å². The van der Waals surface area contributed by atoms with Crippen LogP contribution in [0.1, 0.15) is 27.2 Å². The molecular weight excluding hydrogens is 566 g/mol. The Labute approximate surface area is 242 Å². The second-order valence-corrected chi connectivity index (χ2v) is 10.0. The average Bonchev–Trinajstić information content (AvgIpc) is 3.38. The van der Waals surface area contributed by atoms with Gasteiger partial charge in [0.25, 0.3) is 5.91 Å². The molecule has 7 heteroatoms. The number of nitrogens with zero attached hydrogens (tertiary/aromatic N) is 2. The Bertz CT molecular complexity index is 1630. The lowest BCUT2D eigenvalue weighted by Crippen LogP contribution is -2.17. The molecule has 1 amide bonds. The van der Waals surface area contributed by atoms with Gasteiger partial charge in [0.15, 0.2) is 11.5 Å². The number of hydrogen-bond acceptors (Lipinski definition) is 4. The number of nitrogens with one attached hydrogen (secondary N) is 1. The van der Waals surface area contributed by atoms with E-state index >= 15 is 0 Å². The highest BCUT2D eigenvalue weighted by atomic mass is 79.9. The first-order valence-electron chi connectivity index (χ1n) is 12.7. The second kappa shape index (κ2) is 12.5. The molecule has 40 heavy (non-hydrogen) atoms. The van der Waals surface area contributed by atoms with E-state index in [0.717, 1.165) is 38.2 Å². The lowest BCUT2D eigenvalue weighted by atomic mass is 10.1. The number of rotatable bonds is 9. The maximum Gasteiger partial charge on any atom is 0.271 e. The number of carbonyl (C=O) groups excluding carboxylic acids is 1. The molecule has 1 heterocycles. The van der Waals surface area contributed by atoms with E-state index in [1.54, 1.807) is 25.5 Å². The Morgan fingerprint density at radius 2 is 1.65 bits per heavy atom. The molecule has 5 aromatic rings. The standard InChI is InChI=1S/C33H28BrN3O3/c1-23-8-18-30(26-6-4-3-5-7-26)37(23)29-16-12-27(13-17-29)33(38)36-35-21-25-11-19-31(32(20-25)39-2)40-22-24-9-14-28(34)15-10-24/h3-21H,22H2,1-2H3,(H,36,38)/b35-21+. The summed E-state index contributed by atoms with van der Waals surface area (Å²) in [6.07, 6.45) is 1.57. The van der Waals surface area contributed by atoms with Crippen molar-refractivity contribution in [2.45, 2.75) is 13.5 Å². The van der Waals surface area contributed by atoms with Crippen LogP contribution in [0.5, 0.6) is 11.5 Å². The van der Waals surface area contributed by atoms with E-state index in [4.69, 9.17) is 9.47 Å². The fourth-order valence-corrected chi connectivity index (χ4v) is 4.60. The fourth-order valence-electron chi connectivity index (χ4n) is 4.33. The van der Waals surface area contributed by atoms with Gasteiger partial charge >= 0.3 is 0 Å². The van der Waals surface area contributed by atoms with Crippen LogP contribution in [0.2, 0.25) is 0 Å². The highest BCUT2D eigenvalue weighted by Gasteiger charge is 2.11. The van der Waals surface area contributed by atoms with E-state index in [2.05, 4.69) is 62.2 Å². The van der Waals surface area contributed by atoms with Gasteiger partial charge in [-0.05, 0) is 90.3 Å². The minimum Gasteiger partial charge on any atom is -0.493 e. The maximum atomic E-state index is 12.7. The molecule has 0 saturated carbocycles. The van der Waals surface area contributed by atoms with Crippen LogP contribution in [0, 0.1) is 6.92 Å². The van der Waals surface area contributed by atoms with E-state index in [9.17, 15) is 4.79 Å². The summed E-state index contributed by atoms with van der Waals surface area (Å²) in [5, 5.41) is 4.13. The molecule has 0 atom stereocenters. The van der Waals surface area contributed by atoms with Gasteiger partial charge in [-0.2, -0.15) is 5.10 Å². The maximum absolute atomic E-state index is 12.7. The summed E-state index contributed by atoms with van der Waals surface area (Å²) in [5.74, 6) is 0.912. The Morgan fingerprint density at radius 1 is 0.900 bits per heavy atom. The average molecular weight is 595 g/mol. The van der Waals surface area contributed by atoms with Crippen LogP contribution in [0.15, 0.2) is 119 Å². The lowest BCUT2D eigenvalue weighted by Gasteiger charge is -2.13. The number of aromatic nitrogens is 1. The van der Waals surface area contributed by atoms with Gasteiger partial charge in [-0.15, -0.1) is 0 Å². The van der Waals surface area contributed by atoms with Gasteiger partial charge in [-0.3, -0.25) is 4.79 Å². The first-order chi connectivity index (χ1) is 19.5. The number of amides is 1. The minimum atomic E-state index is -0.295. The van der Waals surface area contributed by atoms with E-state index in [1.807, 2.05) is 72.8 Å². The zero-order valence-corrected chi connectivity index (χ0v) is 23.8. The van der Waals surface area contributed by atoms with E-state index < -0.39 is 0 Å². The minimum absolute atomic E-state index is 0.295. The summed E-state index contributed by atoms with van der Waals surface area (Å²) < 4.78 is 14.6. The summed E-state index contributed by atoms with van der Waals surface area (Å²) in [6.45, 7) is 2.49. The second-order valence-electron chi connectivity index (χ2n) is 9.13. The Kier molecular flexibility index (Phi) is 8.42. The van der Waals surface area contributed by atoms with Crippen molar-refractivity contribution in [3.05, 3.63) is 136 Å². The van der Waals surface area contributed by atoms with Crippen molar-refractivity contribution in [2.24, 2.45) is 5.10 Å². The van der Waals surface area contributed by atoms with Crippen molar-refractivity contribution in [3.63, 3.8) is 0 Å². The number of benzene rings is 4. The highest BCUT2D eigenvalue weighted by molar-refractivity contribution is 9.10. The van der Waals surface area contributed by atoms with Gasteiger partial charge in [0.2, 0.25) is 0 Å². The zero-order chi connectivity index (χ0) is 27.9. The summed E-state index contributed by atoms with van der Waals surface area (Å²) in [5.41, 5.74) is 9.25. The van der Waals surface area contributed by atoms with Gasteiger partial charge in [0.1, 0.15) is 6.61 Å². The van der Waals surface area contributed by atoms with Gasteiger partial charge in [0, 0.05) is 21.4 Å². The zero-order valence-electron chi connectivity index (χ0n) is 22.2. The Morgan fingerprint density at radius 3 is 2.38 bits per heavy atom. The van der Waals surface area contributed by atoms with Crippen LogP contribution in [-0.4, -0.2) is 23.8 Å². The predicted octanol–water partition coefficient (Wildman–Crippen LogP) is 7.57. The summed E-state index contributed by atoms with van der Waals surface area (Å²) in [4.78, 5) is 12.7. The number of methoxy groups -OCH3 is 1. The first kappa shape index (κ1) is 27.0. The number of hydrazone groups is 1. The number of ether oxygens (including phenoxy) is 2. The van der Waals surface area contributed by atoms with Gasteiger partial charge in [-0.25, -0.2) is 5.43 Å². The van der Waals surface area contributed by atoms with Crippen LogP contribution in [-0.2, 0) is 6.61 Å². The number of carbonyl (C=O) groups is 1. The van der Waals surface area contributed by atoms with Gasteiger partial charge < -0.3 is 14.0 Å². The van der Waals surface area contributed by atoms with Crippen molar-refractivity contribution in [1.82, 2.24) is 9.99 Å². The Balaban J connectivity index is 1.22. The monoisotopic (exact) mass is 593 g/mol. The predicted molar refractivity (Wildman–Crippen MR) is 162 cm³/mol. The molecule has 0 bridgehead atoms. The van der Waals surface area contributed by atoms with Gasteiger partial charge in [-0.1, -0.05) is 58.4 Å². The van der Waals surface area contributed by atoms with Crippen molar-refractivity contribution < 1.29 is 14.3 Å². The molecule has 4 aromatic carbocycles. The molecule has 0 aliphatic heterocycles. The van der Waals surface area contributed by atoms with E-state index in [1.165, 1.54) is 0 Å². The summed E-state index contributed by atoms with van der Waals surface area (Å²) >= 11 is 3.44. The molecular formula is C33H28BrN3O3. The van der Waals surface area contributed by atoms with Crippen LogP contribution in [0.3, 0.4) is 0 Å². The third-order valence-corrected chi connectivity index (χ3v) is 6.94. The normalized spacial score (nSPS) is 11.0. The van der Waals surface area contributed by atoms with E-state index in [0.29, 0.717) is 23.7 Å². The smallest absolute Gasteiger partial charge is 0.271 e. The SMILES string of the molecule is COc1cc(/C=N/NC(=O)c2ccc(-n3c(C)ccc3-c3ccccc3)cc2)ccc1OCc1ccc(Br)cc1. The van der Waals surface area contributed by atoms with Crippen LogP contribution >= 0.6 is 15.9 Å². The van der Waals surface area contributed by atoms with Crippen molar-refractivity contribution in [3.8, 4) is 28.4 Å². The molecule has 5 rings (SSSR count).